The van der Waals surface area contributed by atoms with Gasteiger partial charge in [0.2, 0.25) is 0 Å². The van der Waals surface area contributed by atoms with Gasteiger partial charge in [-0.2, -0.15) is 0 Å². The van der Waals surface area contributed by atoms with Crippen LogP contribution in [0.3, 0.4) is 0 Å². The van der Waals surface area contributed by atoms with Crippen LogP contribution in [0.25, 0.3) is 21.7 Å². The van der Waals surface area contributed by atoms with E-state index in [9.17, 15) is 4.79 Å². The summed E-state index contributed by atoms with van der Waals surface area (Å²) in [7, 11) is 0. The summed E-state index contributed by atoms with van der Waals surface area (Å²) in [5.74, 6) is 0. The lowest BCUT2D eigenvalue weighted by Crippen LogP contribution is -2.06. The van der Waals surface area contributed by atoms with Gasteiger partial charge in [0.15, 0.2) is 0 Å². The van der Waals surface area contributed by atoms with E-state index in [-0.39, 0.29) is 5.56 Å². The summed E-state index contributed by atoms with van der Waals surface area (Å²) in [5, 5.41) is 2.96. The number of nitrogens with two attached hydrogens (primary N) is 1. The van der Waals surface area contributed by atoms with Gasteiger partial charge in [0.05, 0.1) is 15.6 Å². The Bertz CT molecular complexity index is 840. The molecule has 0 fully saturated rings. The molecule has 3 rings (SSSR count). The lowest BCUT2D eigenvalue weighted by atomic mass is 10.1. The molecule has 0 bridgehead atoms. The number of H-pyrrole nitrogens is 1. The van der Waals surface area contributed by atoms with Crippen molar-refractivity contribution in [3.63, 3.8) is 0 Å². The average Bonchev–Trinajstić information content (AvgIpc) is 2.31. The predicted molar refractivity (Wildman–Crippen MR) is 76.5 cm³/mol. The molecule has 0 atom stereocenters. The van der Waals surface area contributed by atoms with Crippen LogP contribution in [0.15, 0.2) is 35.1 Å². The second-order valence-corrected chi connectivity index (χ2v) is 4.89. The molecule has 0 aliphatic rings. The quantitative estimate of drug-likeness (QED) is 0.488. The fourth-order valence-corrected chi connectivity index (χ4v) is 2.37. The molecule has 0 aliphatic heterocycles. The van der Waals surface area contributed by atoms with Crippen molar-refractivity contribution in [2.45, 2.75) is 0 Å². The summed E-state index contributed by atoms with van der Waals surface area (Å²) in [6, 6.07) is 8.63. The van der Waals surface area contributed by atoms with E-state index >= 15 is 0 Å². The minimum Gasteiger partial charge on any atom is -0.399 e. The van der Waals surface area contributed by atoms with Crippen molar-refractivity contribution in [2.75, 3.05) is 5.73 Å². The highest BCUT2D eigenvalue weighted by Gasteiger charge is 2.08. The number of anilines is 1. The van der Waals surface area contributed by atoms with Crippen LogP contribution in [-0.2, 0) is 0 Å². The number of aromatic amines is 1. The Hall–Kier alpha value is -1.71. The van der Waals surface area contributed by atoms with E-state index in [1.807, 2.05) is 6.07 Å². The van der Waals surface area contributed by atoms with Gasteiger partial charge in [0.1, 0.15) is 0 Å². The van der Waals surface area contributed by atoms with Crippen molar-refractivity contribution in [1.29, 1.82) is 0 Å². The molecular formula is C13H8Cl2N2O. The fourth-order valence-electron chi connectivity index (χ4n) is 2.05. The number of aromatic nitrogens is 1. The zero-order valence-corrected chi connectivity index (χ0v) is 10.6. The summed E-state index contributed by atoms with van der Waals surface area (Å²) in [4.78, 5) is 14.8. The third kappa shape index (κ3) is 1.64. The first-order valence-electron chi connectivity index (χ1n) is 5.26. The second-order valence-electron chi connectivity index (χ2n) is 4.07. The molecule has 0 amide bonds. The molecule has 1 aromatic heterocycles. The smallest absolute Gasteiger partial charge is 0.256 e. The van der Waals surface area contributed by atoms with Crippen molar-refractivity contribution >= 4 is 50.6 Å². The molecule has 1 heterocycles. The summed E-state index contributed by atoms with van der Waals surface area (Å²) in [5.41, 5.74) is 6.78. The molecular weight excluding hydrogens is 271 g/mol. The zero-order chi connectivity index (χ0) is 12.9. The molecule has 90 valence electrons. The van der Waals surface area contributed by atoms with Crippen molar-refractivity contribution in [1.82, 2.24) is 4.98 Å². The van der Waals surface area contributed by atoms with Gasteiger partial charge in [-0.1, -0.05) is 29.3 Å². The predicted octanol–water partition coefficient (Wildman–Crippen LogP) is 3.57. The largest absolute Gasteiger partial charge is 0.399 e. The first-order valence-corrected chi connectivity index (χ1v) is 6.02. The van der Waals surface area contributed by atoms with Crippen molar-refractivity contribution in [3.8, 4) is 0 Å². The molecule has 0 unspecified atom stereocenters. The summed E-state index contributed by atoms with van der Waals surface area (Å²) in [6.45, 7) is 0. The third-order valence-corrected chi connectivity index (χ3v) is 3.61. The number of fused-ring (bicyclic) bond motifs is 3. The molecule has 0 spiro atoms. The van der Waals surface area contributed by atoms with Gasteiger partial charge in [-0.25, -0.2) is 0 Å². The fraction of sp³-hybridized carbons (Fsp3) is 0. The van der Waals surface area contributed by atoms with Crippen molar-refractivity contribution in [2.24, 2.45) is 0 Å². The first-order chi connectivity index (χ1) is 8.56. The van der Waals surface area contributed by atoms with Crippen LogP contribution in [0.4, 0.5) is 5.69 Å². The number of hydrogen-bond donors (Lipinski definition) is 2. The second kappa shape index (κ2) is 3.90. The molecule has 0 aliphatic carbocycles. The minimum atomic E-state index is -0.207. The van der Waals surface area contributed by atoms with Crippen molar-refractivity contribution in [3.05, 3.63) is 50.7 Å². The van der Waals surface area contributed by atoms with Gasteiger partial charge in [0, 0.05) is 16.5 Å². The number of pyridine rings is 1. The topological polar surface area (TPSA) is 58.9 Å². The lowest BCUT2D eigenvalue weighted by Gasteiger charge is -2.06. The van der Waals surface area contributed by atoms with Crippen LogP contribution in [0.5, 0.6) is 0 Å². The molecule has 3 nitrogen and oxygen atoms in total. The molecule has 2 aromatic carbocycles. The maximum atomic E-state index is 12.0. The third-order valence-electron chi connectivity index (χ3n) is 2.89. The van der Waals surface area contributed by atoms with Crippen LogP contribution in [0.1, 0.15) is 0 Å². The summed E-state index contributed by atoms with van der Waals surface area (Å²) in [6.07, 6.45) is 0. The Balaban J connectivity index is 2.61. The Morgan fingerprint density at radius 3 is 2.33 bits per heavy atom. The molecule has 0 saturated carbocycles. The van der Waals surface area contributed by atoms with Gasteiger partial charge in [0.25, 0.3) is 5.56 Å². The Morgan fingerprint density at radius 1 is 0.944 bits per heavy atom. The number of rotatable bonds is 0. The van der Waals surface area contributed by atoms with Crippen LogP contribution >= 0.6 is 23.2 Å². The maximum absolute atomic E-state index is 12.0. The summed E-state index contributed by atoms with van der Waals surface area (Å²) < 4.78 is 0. The van der Waals surface area contributed by atoms with E-state index in [1.54, 1.807) is 24.3 Å². The maximum Gasteiger partial charge on any atom is 0.256 e. The zero-order valence-electron chi connectivity index (χ0n) is 9.13. The normalized spacial score (nSPS) is 11.2. The van der Waals surface area contributed by atoms with Crippen LogP contribution in [-0.4, -0.2) is 4.98 Å². The number of benzene rings is 2. The number of hydrogen-bond acceptors (Lipinski definition) is 2. The molecule has 0 saturated heterocycles. The molecule has 3 N–H and O–H groups in total. The van der Waals surface area contributed by atoms with E-state index < -0.39 is 0 Å². The molecule has 18 heavy (non-hydrogen) atoms. The van der Waals surface area contributed by atoms with Gasteiger partial charge in [-0.05, 0) is 29.7 Å². The SMILES string of the molecule is Nc1ccc2c(c1)[nH]c(=O)c1cc(Cl)c(Cl)cc12. The monoisotopic (exact) mass is 278 g/mol. The minimum absolute atomic E-state index is 0.207. The number of nitrogen functional groups attached to an aromatic ring is 1. The van der Waals surface area contributed by atoms with E-state index in [0.29, 0.717) is 26.6 Å². The number of halogens is 2. The lowest BCUT2D eigenvalue weighted by molar-refractivity contribution is 1.34. The summed E-state index contributed by atoms with van der Waals surface area (Å²) >= 11 is 11.9. The molecule has 3 aromatic rings. The van der Waals surface area contributed by atoms with Crippen molar-refractivity contribution < 1.29 is 0 Å². The first kappa shape index (κ1) is 11.4. The van der Waals surface area contributed by atoms with Crippen LogP contribution in [0.2, 0.25) is 10.0 Å². The Kier molecular flexibility index (Phi) is 2.47. The molecule has 5 heteroatoms. The van der Waals surface area contributed by atoms with Gasteiger partial charge in [-0.3, -0.25) is 4.79 Å². The van der Waals surface area contributed by atoms with E-state index in [4.69, 9.17) is 28.9 Å². The highest BCUT2D eigenvalue weighted by atomic mass is 35.5. The van der Waals surface area contributed by atoms with Crippen LogP contribution < -0.4 is 11.3 Å². The van der Waals surface area contributed by atoms with Gasteiger partial charge >= 0.3 is 0 Å². The highest BCUT2D eigenvalue weighted by molar-refractivity contribution is 6.43. The van der Waals surface area contributed by atoms with E-state index in [2.05, 4.69) is 4.98 Å². The van der Waals surface area contributed by atoms with Gasteiger partial charge in [-0.15, -0.1) is 0 Å². The van der Waals surface area contributed by atoms with E-state index in [0.717, 1.165) is 10.8 Å². The van der Waals surface area contributed by atoms with Crippen LogP contribution in [0, 0.1) is 0 Å². The van der Waals surface area contributed by atoms with E-state index in [1.165, 1.54) is 0 Å². The number of nitrogens with one attached hydrogen (secondary N) is 1. The Labute approximate surface area is 112 Å². The Morgan fingerprint density at radius 2 is 1.61 bits per heavy atom. The standard InChI is InChI=1S/C13H8Cl2N2O/c14-10-4-8-7-2-1-6(16)3-12(7)17-13(18)9(8)5-11(10)15/h1-5H,16H2,(H,17,18). The average molecular weight is 279 g/mol. The molecule has 0 radical (unpaired) electrons. The van der Waals surface area contributed by atoms with Gasteiger partial charge < -0.3 is 10.7 Å². The highest BCUT2D eigenvalue weighted by Crippen LogP contribution is 2.30.